The summed E-state index contributed by atoms with van der Waals surface area (Å²) in [5, 5.41) is 11.7. The molecule has 8 nitrogen and oxygen atoms in total. The molecule has 0 radical (unpaired) electrons. The normalized spacial score (nSPS) is 16.5. The maximum Gasteiger partial charge on any atom is 0.308 e. The Kier molecular flexibility index (Phi) is 7.50. The van der Waals surface area contributed by atoms with Crippen LogP contribution in [0.1, 0.15) is 31.0 Å². The first-order valence-electron chi connectivity index (χ1n) is 11.4. The Morgan fingerprint density at radius 2 is 1.76 bits per heavy atom. The number of ether oxygens (including phenoxy) is 3. The number of Topliss-reactive ketones (excluding diaryl/α,β-unsaturated/α-hetero) is 1. The van der Waals surface area contributed by atoms with Gasteiger partial charge in [0.2, 0.25) is 0 Å². The van der Waals surface area contributed by atoms with E-state index in [9.17, 15) is 19.5 Å². The van der Waals surface area contributed by atoms with Crippen LogP contribution in [0.3, 0.4) is 0 Å². The summed E-state index contributed by atoms with van der Waals surface area (Å²) in [6.07, 6.45) is 0. The molecule has 1 amide bonds. The molecule has 0 spiro atoms. The molecule has 0 bridgehead atoms. The van der Waals surface area contributed by atoms with E-state index in [0.29, 0.717) is 40.1 Å². The van der Waals surface area contributed by atoms with Gasteiger partial charge in [-0.2, -0.15) is 0 Å². The summed E-state index contributed by atoms with van der Waals surface area (Å²) in [5.74, 6) is -1.42. The minimum absolute atomic E-state index is 0.113. The van der Waals surface area contributed by atoms with Crippen LogP contribution in [0.4, 0.5) is 5.69 Å². The number of esters is 1. The first-order chi connectivity index (χ1) is 17.7. The molecule has 3 aromatic rings. The van der Waals surface area contributed by atoms with Gasteiger partial charge in [-0.15, -0.1) is 0 Å². The van der Waals surface area contributed by atoms with Gasteiger partial charge < -0.3 is 19.3 Å². The number of anilines is 1. The number of amides is 1. The van der Waals surface area contributed by atoms with Crippen molar-refractivity contribution in [1.82, 2.24) is 0 Å². The Bertz CT molecular complexity index is 1400. The predicted octanol–water partition coefficient (Wildman–Crippen LogP) is 5.30. The number of hydrogen-bond donors (Lipinski definition) is 1. The highest BCUT2D eigenvalue weighted by molar-refractivity contribution is 6.51. The third-order valence-electron chi connectivity index (χ3n) is 5.74. The summed E-state index contributed by atoms with van der Waals surface area (Å²) in [6, 6.07) is 16.7. The van der Waals surface area contributed by atoms with Crippen LogP contribution < -0.4 is 19.1 Å². The maximum atomic E-state index is 13.4. The third kappa shape index (κ3) is 5.15. The number of ketones is 1. The van der Waals surface area contributed by atoms with Crippen LogP contribution in [0.2, 0.25) is 5.02 Å². The minimum Gasteiger partial charge on any atom is -0.507 e. The number of nitrogens with zero attached hydrogens (tertiary/aromatic N) is 1. The predicted molar refractivity (Wildman–Crippen MR) is 138 cm³/mol. The van der Waals surface area contributed by atoms with E-state index in [1.807, 2.05) is 0 Å². The zero-order valence-corrected chi connectivity index (χ0v) is 21.1. The molecule has 190 valence electrons. The fourth-order valence-electron chi connectivity index (χ4n) is 4.13. The van der Waals surface area contributed by atoms with Gasteiger partial charge in [0.25, 0.3) is 11.7 Å². The minimum atomic E-state index is -0.982. The summed E-state index contributed by atoms with van der Waals surface area (Å²) >= 11 is 6.20. The first-order valence-corrected chi connectivity index (χ1v) is 11.8. The van der Waals surface area contributed by atoms with Gasteiger partial charge in [0.05, 0.1) is 30.4 Å². The number of methoxy groups -OCH3 is 1. The molecule has 0 saturated carbocycles. The van der Waals surface area contributed by atoms with E-state index in [1.165, 1.54) is 25.0 Å². The lowest BCUT2D eigenvalue weighted by molar-refractivity contribution is -0.132. The van der Waals surface area contributed by atoms with Gasteiger partial charge in [-0.1, -0.05) is 29.8 Å². The Hall–Kier alpha value is -4.30. The molecule has 0 aliphatic carbocycles. The lowest BCUT2D eigenvalue weighted by Gasteiger charge is -2.26. The molecule has 1 aliphatic rings. The molecule has 1 aliphatic heterocycles. The zero-order chi connectivity index (χ0) is 26.7. The Labute approximate surface area is 218 Å². The molecule has 3 aromatic carbocycles. The summed E-state index contributed by atoms with van der Waals surface area (Å²) in [4.78, 5) is 39.4. The molecule has 1 heterocycles. The van der Waals surface area contributed by atoms with Crippen molar-refractivity contribution in [3.05, 3.63) is 88.5 Å². The lowest BCUT2D eigenvalue weighted by atomic mass is 9.95. The number of aliphatic hydroxyl groups is 1. The highest BCUT2D eigenvalue weighted by Gasteiger charge is 2.47. The quantitative estimate of drug-likeness (QED) is 0.148. The van der Waals surface area contributed by atoms with Crippen molar-refractivity contribution in [3.63, 3.8) is 0 Å². The van der Waals surface area contributed by atoms with Crippen LogP contribution >= 0.6 is 11.6 Å². The van der Waals surface area contributed by atoms with Crippen LogP contribution in [0.25, 0.3) is 5.76 Å². The van der Waals surface area contributed by atoms with E-state index < -0.39 is 23.7 Å². The van der Waals surface area contributed by atoms with Crippen molar-refractivity contribution in [2.24, 2.45) is 0 Å². The molecular formula is C28H24ClNO7. The van der Waals surface area contributed by atoms with E-state index in [-0.39, 0.29) is 16.9 Å². The SMILES string of the molecule is CCOc1cc(/C(O)=C2\C(=O)C(=O)N(c3cccc(OC)c3)C2c2ccc(OC(C)=O)cc2)ccc1Cl. The first kappa shape index (κ1) is 25.8. The molecule has 1 fully saturated rings. The molecule has 1 saturated heterocycles. The number of hydrogen-bond acceptors (Lipinski definition) is 7. The number of carbonyl (C=O) groups excluding carboxylic acids is 3. The van der Waals surface area contributed by atoms with Crippen LogP contribution in [-0.2, 0) is 14.4 Å². The summed E-state index contributed by atoms with van der Waals surface area (Å²) in [7, 11) is 1.49. The van der Waals surface area contributed by atoms with Gasteiger partial charge in [-0.05, 0) is 55.0 Å². The highest BCUT2D eigenvalue weighted by Crippen LogP contribution is 2.43. The summed E-state index contributed by atoms with van der Waals surface area (Å²) < 4.78 is 15.9. The number of carbonyl (C=O) groups is 3. The molecule has 9 heteroatoms. The van der Waals surface area contributed by atoms with Crippen molar-refractivity contribution >= 4 is 40.7 Å². The van der Waals surface area contributed by atoms with Crippen molar-refractivity contribution in [2.45, 2.75) is 19.9 Å². The monoisotopic (exact) mass is 521 g/mol. The van der Waals surface area contributed by atoms with Crippen LogP contribution in [-0.4, -0.2) is 36.5 Å². The third-order valence-corrected chi connectivity index (χ3v) is 6.05. The second-order valence-corrected chi connectivity index (χ2v) is 8.52. The number of halogens is 1. The molecule has 1 unspecified atom stereocenters. The van der Waals surface area contributed by atoms with Gasteiger partial charge in [0, 0.05) is 24.2 Å². The van der Waals surface area contributed by atoms with E-state index in [0.717, 1.165) is 0 Å². The zero-order valence-electron chi connectivity index (χ0n) is 20.4. The lowest BCUT2D eigenvalue weighted by Crippen LogP contribution is -2.29. The van der Waals surface area contributed by atoms with Gasteiger partial charge in [-0.3, -0.25) is 19.3 Å². The average Bonchev–Trinajstić information content (AvgIpc) is 3.15. The van der Waals surface area contributed by atoms with E-state index in [1.54, 1.807) is 67.6 Å². The molecular weight excluding hydrogens is 498 g/mol. The van der Waals surface area contributed by atoms with Crippen molar-refractivity contribution < 1.29 is 33.7 Å². The van der Waals surface area contributed by atoms with Crippen LogP contribution in [0, 0.1) is 0 Å². The number of rotatable bonds is 7. The standard InChI is InChI=1S/C28H24ClNO7/c1-4-36-23-14-18(10-13-22(23)29)26(32)24-25(17-8-11-20(12-9-17)37-16(2)31)30(28(34)27(24)33)19-6-5-7-21(15-19)35-3/h5-15,25,32H,4H2,1-3H3/b26-24+. The van der Waals surface area contributed by atoms with Gasteiger partial charge in [-0.25, -0.2) is 0 Å². The van der Waals surface area contributed by atoms with Crippen molar-refractivity contribution in [3.8, 4) is 17.2 Å². The molecule has 37 heavy (non-hydrogen) atoms. The summed E-state index contributed by atoms with van der Waals surface area (Å²) in [5.41, 5.74) is 1.06. The molecule has 4 rings (SSSR count). The smallest absolute Gasteiger partial charge is 0.308 e. The van der Waals surface area contributed by atoms with Crippen molar-refractivity contribution in [1.29, 1.82) is 0 Å². The van der Waals surface area contributed by atoms with Gasteiger partial charge in [0.1, 0.15) is 23.0 Å². The molecule has 1 atom stereocenters. The number of benzene rings is 3. The van der Waals surface area contributed by atoms with Crippen LogP contribution in [0.5, 0.6) is 17.2 Å². The largest absolute Gasteiger partial charge is 0.507 e. The second kappa shape index (κ2) is 10.8. The van der Waals surface area contributed by atoms with Crippen molar-refractivity contribution in [2.75, 3.05) is 18.6 Å². The fraction of sp³-hybridized carbons (Fsp3) is 0.179. The Morgan fingerprint density at radius 1 is 1.03 bits per heavy atom. The van der Waals surface area contributed by atoms with Gasteiger partial charge >= 0.3 is 5.97 Å². The maximum absolute atomic E-state index is 13.4. The van der Waals surface area contributed by atoms with E-state index in [2.05, 4.69) is 0 Å². The van der Waals surface area contributed by atoms with Gasteiger partial charge in [0.15, 0.2) is 0 Å². The summed E-state index contributed by atoms with van der Waals surface area (Å²) in [6.45, 7) is 3.43. The highest BCUT2D eigenvalue weighted by atomic mass is 35.5. The second-order valence-electron chi connectivity index (χ2n) is 8.11. The van der Waals surface area contributed by atoms with Crippen LogP contribution in [0.15, 0.2) is 72.3 Å². The Morgan fingerprint density at radius 3 is 2.41 bits per heavy atom. The molecule has 0 aromatic heterocycles. The fourth-order valence-corrected chi connectivity index (χ4v) is 4.30. The van der Waals surface area contributed by atoms with E-state index in [4.69, 9.17) is 25.8 Å². The van der Waals surface area contributed by atoms with E-state index >= 15 is 0 Å². The molecule has 1 N–H and O–H groups in total. The average molecular weight is 522 g/mol. The Balaban J connectivity index is 1.91. The number of aliphatic hydroxyl groups excluding tert-OH is 1. The topological polar surface area (TPSA) is 102 Å².